The zero-order valence-corrected chi connectivity index (χ0v) is 22.3. The predicted molar refractivity (Wildman–Crippen MR) is 153 cm³/mol. The van der Waals surface area contributed by atoms with E-state index in [0.717, 1.165) is 56.5 Å². The molecule has 40 heavy (non-hydrogen) atoms. The molecule has 0 radical (unpaired) electrons. The number of rotatable bonds is 6. The zero-order valence-electron chi connectivity index (χ0n) is 22.3. The summed E-state index contributed by atoms with van der Waals surface area (Å²) >= 11 is 0. The molecular weight excluding hydrogens is 514 g/mol. The maximum atomic E-state index is 13.8. The highest BCUT2D eigenvalue weighted by atomic mass is 19.1. The number of amides is 1. The Balaban J connectivity index is 1.29. The Bertz CT molecular complexity index is 1510. The van der Waals surface area contributed by atoms with Gasteiger partial charge in [0.05, 0.1) is 11.1 Å². The van der Waals surface area contributed by atoms with Gasteiger partial charge in [0, 0.05) is 68.3 Å². The largest absolute Gasteiger partial charge is 0.381 e. The second-order valence-corrected chi connectivity index (χ2v) is 10.5. The number of likely N-dealkylation sites (N-methyl/N-ethyl adjacent to an activating group) is 1. The second-order valence-electron chi connectivity index (χ2n) is 10.5. The molecule has 2 aliphatic heterocycles. The summed E-state index contributed by atoms with van der Waals surface area (Å²) in [7, 11) is 2.13. The first-order valence-electron chi connectivity index (χ1n) is 13.6. The Morgan fingerprint density at radius 2 is 1.70 bits per heavy atom. The van der Waals surface area contributed by atoms with Crippen LogP contribution in [0.15, 0.2) is 54.6 Å². The van der Waals surface area contributed by atoms with Gasteiger partial charge in [0.25, 0.3) is 5.91 Å². The summed E-state index contributed by atoms with van der Waals surface area (Å²) in [6.45, 7) is 5.20. The van der Waals surface area contributed by atoms with Crippen LogP contribution in [0, 0.1) is 11.6 Å². The van der Waals surface area contributed by atoms with Crippen molar-refractivity contribution >= 4 is 34.0 Å². The van der Waals surface area contributed by atoms with Crippen LogP contribution in [0.1, 0.15) is 23.2 Å². The highest BCUT2D eigenvalue weighted by Crippen LogP contribution is 2.31. The average Bonchev–Trinajstić information content (AvgIpc) is 3.35. The van der Waals surface area contributed by atoms with Crippen LogP contribution in [-0.2, 0) is 4.74 Å². The van der Waals surface area contributed by atoms with E-state index in [1.54, 1.807) is 18.2 Å². The van der Waals surface area contributed by atoms with Crippen LogP contribution in [0.5, 0.6) is 0 Å². The lowest BCUT2D eigenvalue weighted by Gasteiger charge is -2.34. The van der Waals surface area contributed by atoms with Gasteiger partial charge in [-0.15, -0.1) is 0 Å². The third kappa shape index (κ3) is 5.64. The number of hydrogen-bond acceptors (Lipinski definition) is 6. The fraction of sp³-hybridized carbons (Fsp3) is 0.333. The third-order valence-electron chi connectivity index (χ3n) is 7.69. The molecule has 0 unspecified atom stereocenters. The number of aromatic nitrogens is 2. The highest BCUT2D eigenvalue weighted by molar-refractivity contribution is 6.11. The lowest BCUT2D eigenvalue weighted by Crippen LogP contribution is -2.44. The third-order valence-corrected chi connectivity index (χ3v) is 7.69. The summed E-state index contributed by atoms with van der Waals surface area (Å²) in [6, 6.07) is 14.8. The first-order chi connectivity index (χ1) is 19.4. The van der Waals surface area contributed by atoms with Crippen molar-refractivity contribution in [1.82, 2.24) is 15.1 Å². The highest BCUT2D eigenvalue weighted by Gasteiger charge is 2.22. The van der Waals surface area contributed by atoms with Gasteiger partial charge in [-0.05, 0) is 73.5 Å². The number of carbonyl (C=O) groups is 1. The van der Waals surface area contributed by atoms with Gasteiger partial charge < -0.3 is 25.2 Å². The molecule has 0 atom stereocenters. The number of ether oxygens (including phenoxy) is 1. The fourth-order valence-corrected chi connectivity index (χ4v) is 5.36. The number of nitrogens with zero attached hydrogens (tertiary/aromatic N) is 3. The van der Waals surface area contributed by atoms with Gasteiger partial charge in [-0.1, -0.05) is 6.07 Å². The van der Waals surface area contributed by atoms with Crippen LogP contribution in [0.2, 0.25) is 0 Å². The van der Waals surface area contributed by atoms with Crippen LogP contribution in [0.3, 0.4) is 0 Å². The number of aromatic amines is 1. The minimum Gasteiger partial charge on any atom is -0.381 e. The number of hydrogen-bond donors (Lipinski definition) is 3. The molecule has 3 heterocycles. The van der Waals surface area contributed by atoms with Gasteiger partial charge in [0.15, 0.2) is 5.82 Å². The summed E-state index contributed by atoms with van der Waals surface area (Å²) in [5.41, 5.74) is 4.08. The number of halogens is 2. The lowest BCUT2D eigenvalue weighted by molar-refractivity contribution is 0.0904. The lowest BCUT2D eigenvalue weighted by atomic mass is 10.0. The molecule has 8 nitrogen and oxygen atoms in total. The molecule has 1 aromatic heterocycles. The molecule has 2 saturated heterocycles. The van der Waals surface area contributed by atoms with E-state index in [0.29, 0.717) is 46.6 Å². The number of carbonyl (C=O) groups excluding carboxylic acids is 1. The Kier molecular flexibility index (Phi) is 7.36. The topological polar surface area (TPSA) is 85.5 Å². The van der Waals surface area contributed by atoms with Gasteiger partial charge in [-0.2, -0.15) is 5.10 Å². The van der Waals surface area contributed by atoms with E-state index >= 15 is 0 Å². The molecule has 2 aliphatic rings. The Morgan fingerprint density at radius 3 is 2.45 bits per heavy atom. The van der Waals surface area contributed by atoms with E-state index < -0.39 is 11.6 Å². The first kappa shape index (κ1) is 26.2. The van der Waals surface area contributed by atoms with Gasteiger partial charge >= 0.3 is 0 Å². The Morgan fingerprint density at radius 1 is 0.950 bits per heavy atom. The summed E-state index contributed by atoms with van der Waals surface area (Å²) in [5, 5.41) is 14.4. The van der Waals surface area contributed by atoms with Gasteiger partial charge in [-0.25, -0.2) is 8.78 Å². The molecule has 10 heteroatoms. The first-order valence-corrected chi connectivity index (χ1v) is 13.6. The van der Waals surface area contributed by atoms with E-state index in [1.807, 2.05) is 12.1 Å². The van der Waals surface area contributed by atoms with Crippen molar-refractivity contribution in [3.63, 3.8) is 0 Å². The number of anilines is 3. The fourth-order valence-electron chi connectivity index (χ4n) is 5.36. The standard InChI is InChI=1S/C30H32F2N6O2/c1-37-8-10-38(11-9-37)24-3-4-25(28(18-24)33-23-6-12-40-13-7-23)30(39)34-29-26-16-19(2-5-27(26)35-36-29)20-14-21(31)17-22(32)15-20/h2-5,14-18,23,33H,6-13H2,1H3,(H2,34,35,36,39). The second kappa shape index (κ2) is 11.2. The number of benzene rings is 3. The molecule has 4 aromatic rings. The Hall–Kier alpha value is -4.02. The molecular formula is C30H32F2N6O2. The number of H-pyrrole nitrogens is 1. The molecule has 208 valence electrons. The predicted octanol–water partition coefficient (Wildman–Crippen LogP) is 5.10. The van der Waals surface area contributed by atoms with Gasteiger partial charge in [-0.3, -0.25) is 9.89 Å². The van der Waals surface area contributed by atoms with E-state index in [-0.39, 0.29) is 11.9 Å². The molecule has 6 rings (SSSR count). The molecule has 3 aromatic carbocycles. The van der Waals surface area contributed by atoms with Crippen molar-refractivity contribution in [1.29, 1.82) is 0 Å². The monoisotopic (exact) mass is 546 g/mol. The zero-order chi connectivity index (χ0) is 27.6. The van der Waals surface area contributed by atoms with Crippen molar-refractivity contribution in [2.45, 2.75) is 18.9 Å². The van der Waals surface area contributed by atoms with Gasteiger partial charge in [0.2, 0.25) is 0 Å². The minimum absolute atomic E-state index is 0.212. The Labute approximate surface area is 231 Å². The number of piperazine rings is 1. The molecule has 0 spiro atoms. The maximum absolute atomic E-state index is 13.8. The van der Waals surface area contributed by atoms with Gasteiger partial charge in [0.1, 0.15) is 11.6 Å². The van der Waals surface area contributed by atoms with Crippen molar-refractivity contribution in [3.8, 4) is 11.1 Å². The van der Waals surface area contributed by atoms with Crippen LogP contribution in [0.4, 0.5) is 26.0 Å². The molecule has 3 N–H and O–H groups in total. The van der Waals surface area contributed by atoms with Crippen molar-refractivity contribution < 1.29 is 18.3 Å². The van der Waals surface area contributed by atoms with E-state index in [4.69, 9.17) is 4.74 Å². The molecule has 2 fully saturated rings. The summed E-state index contributed by atoms with van der Waals surface area (Å²) in [5.74, 6) is -1.25. The molecule has 0 saturated carbocycles. The van der Waals surface area contributed by atoms with Crippen LogP contribution in [0.25, 0.3) is 22.0 Å². The minimum atomic E-state index is -0.652. The number of fused-ring (bicyclic) bond motifs is 1. The summed E-state index contributed by atoms with van der Waals surface area (Å²) in [6.07, 6.45) is 1.74. The molecule has 0 aliphatic carbocycles. The SMILES string of the molecule is CN1CCN(c2ccc(C(=O)Nc3n[nH]c4ccc(-c5cc(F)cc(F)c5)cc34)c(NC3CCOCC3)c2)CC1. The quantitative estimate of drug-likeness (QED) is 0.312. The van der Waals surface area contributed by atoms with Crippen LogP contribution < -0.4 is 15.5 Å². The smallest absolute Gasteiger partial charge is 0.258 e. The van der Waals surface area contributed by atoms with Crippen molar-refractivity contribution in [2.24, 2.45) is 0 Å². The van der Waals surface area contributed by atoms with Crippen LogP contribution >= 0.6 is 0 Å². The van der Waals surface area contributed by atoms with Crippen LogP contribution in [-0.4, -0.2) is 73.5 Å². The average molecular weight is 547 g/mol. The summed E-state index contributed by atoms with van der Waals surface area (Å²) < 4.78 is 33.2. The molecule has 0 bridgehead atoms. The van der Waals surface area contributed by atoms with E-state index in [1.165, 1.54) is 12.1 Å². The summed E-state index contributed by atoms with van der Waals surface area (Å²) in [4.78, 5) is 18.3. The number of nitrogens with one attached hydrogen (secondary N) is 3. The van der Waals surface area contributed by atoms with Crippen molar-refractivity contribution in [2.75, 3.05) is 62.0 Å². The van der Waals surface area contributed by atoms with E-state index in [9.17, 15) is 13.6 Å². The van der Waals surface area contributed by atoms with E-state index in [2.05, 4.69) is 43.7 Å². The normalized spacial score (nSPS) is 16.8. The maximum Gasteiger partial charge on any atom is 0.258 e. The molecule has 1 amide bonds. The van der Waals surface area contributed by atoms with Crippen molar-refractivity contribution in [3.05, 3.63) is 71.8 Å².